The third-order valence-electron chi connectivity index (χ3n) is 5.75. The molecule has 0 radical (unpaired) electrons. The second-order valence-corrected chi connectivity index (χ2v) is 8.17. The molecule has 2 aliphatic rings. The minimum absolute atomic E-state index is 0.272. The average Bonchev–Trinajstić information content (AvgIpc) is 3.07. The molecule has 1 fully saturated rings. The molecule has 0 atom stereocenters. The van der Waals surface area contributed by atoms with Crippen molar-refractivity contribution in [1.82, 2.24) is 20.1 Å². The molecule has 1 aromatic carbocycles. The van der Waals surface area contributed by atoms with Crippen LogP contribution in [0.2, 0.25) is 0 Å². The van der Waals surface area contributed by atoms with Crippen LogP contribution in [-0.4, -0.2) is 65.3 Å². The van der Waals surface area contributed by atoms with Crippen molar-refractivity contribution in [3.8, 4) is 5.88 Å². The molecule has 3 amide bonds. The van der Waals surface area contributed by atoms with Gasteiger partial charge in [-0.15, -0.1) is 0 Å². The van der Waals surface area contributed by atoms with Gasteiger partial charge >= 0.3 is 0 Å². The number of carbonyl (C=O) groups excluding carboxylic acids is 3. The summed E-state index contributed by atoms with van der Waals surface area (Å²) in [6, 6.07) is 10.6. The van der Waals surface area contributed by atoms with Gasteiger partial charge in [-0.05, 0) is 55.8 Å². The molecule has 4 rings (SSSR count). The van der Waals surface area contributed by atoms with E-state index in [1.165, 1.54) is 24.8 Å². The molecule has 2 aliphatic heterocycles. The van der Waals surface area contributed by atoms with Gasteiger partial charge in [0, 0.05) is 25.4 Å². The lowest BCUT2D eigenvalue weighted by Gasteiger charge is -2.26. The highest BCUT2D eigenvalue weighted by molar-refractivity contribution is 6.22. The molecule has 0 spiro atoms. The van der Waals surface area contributed by atoms with Gasteiger partial charge in [0.25, 0.3) is 11.8 Å². The third-order valence-corrected chi connectivity index (χ3v) is 5.75. The standard InChI is InChI=1S/C25H28N4O4/c30-22(18-29-24(31)20-8-2-3-9-21(20)25(29)32)26-11-4-7-15-33-23-16-19(10-12-27-23)17-28-13-5-1-6-14-28/h2-4,7-10,12,16H,1,5-6,11,13-15,17-18H2,(H,26,30)/b7-4-. The number of hydrogen-bond donors (Lipinski definition) is 1. The second-order valence-electron chi connectivity index (χ2n) is 8.17. The van der Waals surface area contributed by atoms with E-state index in [0.29, 0.717) is 23.6 Å². The molecule has 1 N–H and O–H groups in total. The quantitative estimate of drug-likeness (QED) is 0.468. The summed E-state index contributed by atoms with van der Waals surface area (Å²) in [6.45, 7) is 3.49. The number of benzene rings is 1. The zero-order chi connectivity index (χ0) is 23.0. The van der Waals surface area contributed by atoms with Crippen LogP contribution in [-0.2, 0) is 11.3 Å². The highest BCUT2D eigenvalue weighted by atomic mass is 16.5. The van der Waals surface area contributed by atoms with Crippen LogP contribution in [0.3, 0.4) is 0 Å². The predicted octanol–water partition coefficient (Wildman–Crippen LogP) is 2.41. The SMILES string of the molecule is O=C(CN1C(=O)c2ccccc2C1=O)NC/C=C\COc1cc(CN2CCCCC2)ccn1. The maximum absolute atomic E-state index is 12.3. The number of fused-ring (bicyclic) bond motifs is 1. The van der Waals surface area contributed by atoms with Crippen molar-refractivity contribution in [3.05, 3.63) is 71.4 Å². The first kappa shape index (κ1) is 22.7. The number of rotatable bonds is 9. The topological polar surface area (TPSA) is 91.8 Å². The number of ether oxygens (including phenoxy) is 1. The fourth-order valence-electron chi connectivity index (χ4n) is 4.04. The van der Waals surface area contributed by atoms with E-state index in [2.05, 4.69) is 15.2 Å². The Kier molecular flexibility index (Phi) is 7.47. The van der Waals surface area contributed by atoms with Gasteiger partial charge in [-0.3, -0.25) is 24.2 Å². The fourth-order valence-corrected chi connectivity index (χ4v) is 4.04. The number of nitrogens with one attached hydrogen (secondary N) is 1. The molecule has 3 heterocycles. The van der Waals surface area contributed by atoms with Gasteiger partial charge in [0.05, 0.1) is 11.1 Å². The Morgan fingerprint density at radius 1 is 1.03 bits per heavy atom. The summed E-state index contributed by atoms with van der Waals surface area (Å²) < 4.78 is 5.69. The Hall–Kier alpha value is -3.52. The van der Waals surface area contributed by atoms with E-state index >= 15 is 0 Å². The summed E-state index contributed by atoms with van der Waals surface area (Å²) in [5, 5.41) is 2.68. The maximum Gasteiger partial charge on any atom is 0.262 e. The molecule has 1 aromatic heterocycles. The second kappa shape index (κ2) is 10.9. The van der Waals surface area contributed by atoms with E-state index in [9.17, 15) is 14.4 Å². The summed E-state index contributed by atoms with van der Waals surface area (Å²) in [5.74, 6) is -0.708. The van der Waals surface area contributed by atoms with Crippen LogP contribution in [0.5, 0.6) is 5.88 Å². The number of piperidine rings is 1. The van der Waals surface area contributed by atoms with E-state index in [-0.39, 0.29) is 13.1 Å². The van der Waals surface area contributed by atoms with Crippen LogP contribution < -0.4 is 10.1 Å². The lowest BCUT2D eigenvalue weighted by atomic mass is 10.1. The molecule has 1 saturated heterocycles. The van der Waals surface area contributed by atoms with Crippen molar-refractivity contribution in [1.29, 1.82) is 0 Å². The van der Waals surface area contributed by atoms with Gasteiger partial charge in [0.2, 0.25) is 11.8 Å². The number of nitrogens with zero attached hydrogens (tertiary/aromatic N) is 3. The Morgan fingerprint density at radius 3 is 2.48 bits per heavy atom. The van der Waals surface area contributed by atoms with Crippen LogP contribution in [0.25, 0.3) is 0 Å². The first-order valence-corrected chi connectivity index (χ1v) is 11.3. The van der Waals surface area contributed by atoms with Gasteiger partial charge in [0.15, 0.2) is 0 Å². The van der Waals surface area contributed by atoms with Gasteiger partial charge in [0.1, 0.15) is 13.2 Å². The van der Waals surface area contributed by atoms with E-state index in [0.717, 1.165) is 24.5 Å². The minimum Gasteiger partial charge on any atom is -0.473 e. The molecule has 172 valence electrons. The monoisotopic (exact) mass is 448 g/mol. The third kappa shape index (κ3) is 5.84. The predicted molar refractivity (Wildman–Crippen MR) is 123 cm³/mol. The van der Waals surface area contributed by atoms with Crippen LogP contribution in [0.4, 0.5) is 0 Å². The highest BCUT2D eigenvalue weighted by Crippen LogP contribution is 2.22. The zero-order valence-corrected chi connectivity index (χ0v) is 18.5. The number of carbonyl (C=O) groups is 3. The lowest BCUT2D eigenvalue weighted by Crippen LogP contribution is -2.40. The summed E-state index contributed by atoms with van der Waals surface area (Å²) >= 11 is 0. The first-order chi connectivity index (χ1) is 16.1. The van der Waals surface area contributed by atoms with Crippen molar-refractivity contribution < 1.29 is 19.1 Å². The first-order valence-electron chi connectivity index (χ1n) is 11.3. The smallest absolute Gasteiger partial charge is 0.262 e. The molecule has 0 unspecified atom stereocenters. The van der Waals surface area contributed by atoms with E-state index < -0.39 is 17.7 Å². The Morgan fingerprint density at radius 2 is 1.76 bits per heavy atom. The fraction of sp³-hybridized carbons (Fsp3) is 0.360. The molecule has 0 saturated carbocycles. The van der Waals surface area contributed by atoms with Crippen LogP contribution in [0.15, 0.2) is 54.7 Å². The molecule has 2 aromatic rings. The number of amides is 3. The normalized spacial score (nSPS) is 16.3. The number of likely N-dealkylation sites (tertiary alicyclic amines) is 1. The van der Waals surface area contributed by atoms with Crippen molar-refractivity contribution in [2.45, 2.75) is 25.8 Å². The Bertz CT molecular complexity index is 1010. The van der Waals surface area contributed by atoms with Crippen LogP contribution >= 0.6 is 0 Å². The van der Waals surface area contributed by atoms with Gasteiger partial charge in [-0.1, -0.05) is 24.6 Å². The number of hydrogen-bond acceptors (Lipinski definition) is 6. The maximum atomic E-state index is 12.3. The summed E-state index contributed by atoms with van der Waals surface area (Å²) in [6.07, 6.45) is 9.15. The number of pyridine rings is 1. The van der Waals surface area contributed by atoms with Crippen molar-refractivity contribution in [2.24, 2.45) is 0 Å². The highest BCUT2D eigenvalue weighted by Gasteiger charge is 2.36. The van der Waals surface area contributed by atoms with Crippen molar-refractivity contribution in [2.75, 3.05) is 32.8 Å². The Labute approximate surface area is 193 Å². The molecular weight excluding hydrogens is 420 g/mol. The number of aromatic nitrogens is 1. The molecule has 33 heavy (non-hydrogen) atoms. The molecular formula is C25H28N4O4. The molecule has 8 heteroatoms. The molecule has 8 nitrogen and oxygen atoms in total. The summed E-state index contributed by atoms with van der Waals surface area (Å²) in [7, 11) is 0. The van der Waals surface area contributed by atoms with Crippen molar-refractivity contribution in [3.63, 3.8) is 0 Å². The van der Waals surface area contributed by atoms with Crippen LogP contribution in [0.1, 0.15) is 45.5 Å². The van der Waals surface area contributed by atoms with E-state index in [4.69, 9.17) is 4.74 Å². The zero-order valence-electron chi connectivity index (χ0n) is 18.5. The summed E-state index contributed by atoms with van der Waals surface area (Å²) in [5.41, 5.74) is 1.85. The van der Waals surface area contributed by atoms with E-state index in [1.807, 2.05) is 12.1 Å². The minimum atomic E-state index is -0.440. The lowest BCUT2D eigenvalue weighted by molar-refractivity contribution is -0.121. The van der Waals surface area contributed by atoms with Crippen molar-refractivity contribution >= 4 is 17.7 Å². The van der Waals surface area contributed by atoms with E-state index in [1.54, 1.807) is 42.6 Å². The average molecular weight is 449 g/mol. The Balaban J connectivity index is 1.16. The van der Waals surface area contributed by atoms with Gasteiger partial charge in [-0.25, -0.2) is 4.98 Å². The largest absolute Gasteiger partial charge is 0.473 e. The van der Waals surface area contributed by atoms with Gasteiger partial charge < -0.3 is 10.1 Å². The number of imide groups is 1. The van der Waals surface area contributed by atoms with Gasteiger partial charge in [-0.2, -0.15) is 0 Å². The van der Waals surface area contributed by atoms with Crippen LogP contribution in [0, 0.1) is 0 Å². The summed E-state index contributed by atoms with van der Waals surface area (Å²) in [4.78, 5) is 44.5. The molecule has 0 bridgehead atoms. The molecule has 0 aliphatic carbocycles.